The lowest BCUT2D eigenvalue weighted by Gasteiger charge is -2.32. The van der Waals surface area contributed by atoms with Gasteiger partial charge in [-0.05, 0) is 46.8 Å². The summed E-state index contributed by atoms with van der Waals surface area (Å²) in [5, 5.41) is 0. The van der Waals surface area contributed by atoms with Crippen LogP contribution in [0.4, 0.5) is 0 Å². The van der Waals surface area contributed by atoms with Gasteiger partial charge in [-0.25, -0.2) is 4.98 Å². The Morgan fingerprint density at radius 2 is 2.33 bits per heavy atom. The van der Waals surface area contributed by atoms with Crippen LogP contribution in [-0.4, -0.2) is 22.8 Å². The summed E-state index contributed by atoms with van der Waals surface area (Å²) in [6, 6.07) is 4.17. The van der Waals surface area contributed by atoms with Gasteiger partial charge >= 0.3 is 0 Å². The molecule has 1 aliphatic rings. The van der Waals surface area contributed by atoms with E-state index in [9.17, 15) is 4.79 Å². The van der Waals surface area contributed by atoms with Gasteiger partial charge in [-0.3, -0.25) is 4.79 Å². The van der Waals surface area contributed by atoms with Crippen LogP contribution in [0.15, 0.2) is 22.9 Å². The molecular formula is C11H13BrN2O. The average Bonchev–Trinajstić information content (AvgIpc) is 2.30. The second-order valence-electron chi connectivity index (χ2n) is 3.77. The fourth-order valence-corrected chi connectivity index (χ4v) is 2.26. The molecule has 1 amide bonds. The minimum atomic E-state index is 0.219. The molecule has 1 fully saturated rings. The lowest BCUT2D eigenvalue weighted by molar-refractivity contribution is -0.121. The minimum Gasteiger partial charge on any atom is -0.338 e. The number of hydrogen-bond donors (Lipinski definition) is 0. The molecule has 1 atom stereocenters. The molecular weight excluding hydrogens is 256 g/mol. The predicted octanol–water partition coefficient (Wildman–Crippen LogP) is 2.53. The number of amides is 1. The van der Waals surface area contributed by atoms with Crippen molar-refractivity contribution < 1.29 is 4.79 Å². The van der Waals surface area contributed by atoms with E-state index in [0.29, 0.717) is 0 Å². The Balaban J connectivity index is 2.20. The summed E-state index contributed by atoms with van der Waals surface area (Å²) in [5.41, 5.74) is 1.13. The molecule has 0 unspecified atom stereocenters. The lowest BCUT2D eigenvalue weighted by atomic mass is 9.97. The summed E-state index contributed by atoms with van der Waals surface area (Å²) < 4.78 is 0.833. The number of carbonyl (C=O) groups excluding carboxylic acids is 1. The zero-order valence-corrected chi connectivity index (χ0v) is 9.98. The average molecular weight is 269 g/mol. The maximum absolute atomic E-state index is 10.9. The van der Waals surface area contributed by atoms with Gasteiger partial charge in [0.2, 0.25) is 6.41 Å². The van der Waals surface area contributed by atoms with Gasteiger partial charge in [0.05, 0.1) is 6.04 Å². The quantitative estimate of drug-likeness (QED) is 0.610. The maximum atomic E-state index is 10.9. The van der Waals surface area contributed by atoms with E-state index in [1.165, 1.54) is 6.42 Å². The summed E-state index contributed by atoms with van der Waals surface area (Å²) >= 11 is 3.31. The molecule has 2 heterocycles. The first-order chi connectivity index (χ1) is 7.31. The Hall–Kier alpha value is -0.900. The second-order valence-corrected chi connectivity index (χ2v) is 4.58. The molecule has 0 N–H and O–H groups in total. The van der Waals surface area contributed by atoms with Gasteiger partial charge in [-0.15, -0.1) is 0 Å². The van der Waals surface area contributed by atoms with Crippen molar-refractivity contribution >= 4 is 22.3 Å². The smallest absolute Gasteiger partial charge is 0.210 e. The van der Waals surface area contributed by atoms with E-state index >= 15 is 0 Å². The van der Waals surface area contributed by atoms with Crippen molar-refractivity contribution in [3.63, 3.8) is 0 Å². The number of rotatable bonds is 2. The van der Waals surface area contributed by atoms with E-state index in [0.717, 1.165) is 36.0 Å². The topological polar surface area (TPSA) is 33.2 Å². The molecule has 0 bridgehead atoms. The van der Waals surface area contributed by atoms with Crippen molar-refractivity contribution in [3.8, 4) is 0 Å². The van der Waals surface area contributed by atoms with Gasteiger partial charge in [-0.2, -0.15) is 0 Å². The Morgan fingerprint density at radius 3 is 3.00 bits per heavy atom. The molecule has 2 rings (SSSR count). The van der Waals surface area contributed by atoms with E-state index in [1.54, 1.807) is 0 Å². The van der Waals surface area contributed by atoms with Crippen molar-refractivity contribution in [1.82, 2.24) is 9.88 Å². The third-order valence-corrected chi connectivity index (χ3v) is 3.28. The molecule has 0 aromatic carbocycles. The monoisotopic (exact) mass is 268 g/mol. The van der Waals surface area contributed by atoms with Crippen molar-refractivity contribution in [3.05, 3.63) is 28.5 Å². The van der Waals surface area contributed by atoms with Gasteiger partial charge in [0.15, 0.2) is 0 Å². The number of aromatic nitrogens is 1. The lowest BCUT2D eigenvalue weighted by Crippen LogP contribution is -2.32. The second kappa shape index (κ2) is 4.75. The number of halogens is 1. The summed E-state index contributed by atoms with van der Waals surface area (Å²) in [4.78, 5) is 17.0. The molecule has 0 radical (unpaired) electrons. The highest BCUT2D eigenvalue weighted by molar-refractivity contribution is 9.10. The number of likely N-dealkylation sites (tertiary alicyclic amines) is 1. The van der Waals surface area contributed by atoms with E-state index in [2.05, 4.69) is 20.9 Å². The van der Waals surface area contributed by atoms with Crippen LogP contribution in [-0.2, 0) is 4.79 Å². The van der Waals surface area contributed by atoms with Crippen LogP contribution in [0, 0.1) is 0 Å². The summed E-state index contributed by atoms with van der Waals surface area (Å²) in [5.74, 6) is 0. The SMILES string of the molecule is O=CN1CCCC[C@H]1c1ccc(Br)nc1. The van der Waals surface area contributed by atoms with E-state index in [4.69, 9.17) is 0 Å². The fraction of sp³-hybridized carbons (Fsp3) is 0.455. The largest absolute Gasteiger partial charge is 0.338 e. The summed E-state index contributed by atoms with van der Waals surface area (Å²) in [7, 11) is 0. The van der Waals surface area contributed by atoms with Crippen molar-refractivity contribution in [2.75, 3.05) is 6.54 Å². The molecule has 0 spiro atoms. The van der Waals surface area contributed by atoms with Gasteiger partial charge < -0.3 is 4.90 Å². The van der Waals surface area contributed by atoms with E-state index in [-0.39, 0.29) is 6.04 Å². The number of carbonyl (C=O) groups is 1. The van der Waals surface area contributed by atoms with Crippen LogP contribution < -0.4 is 0 Å². The van der Waals surface area contributed by atoms with Crippen molar-refractivity contribution in [1.29, 1.82) is 0 Å². The zero-order chi connectivity index (χ0) is 10.7. The van der Waals surface area contributed by atoms with Crippen LogP contribution in [0.1, 0.15) is 30.9 Å². The number of hydrogen-bond acceptors (Lipinski definition) is 2. The third kappa shape index (κ3) is 2.37. The first kappa shape index (κ1) is 10.6. The Bertz CT molecular complexity index is 339. The molecule has 3 nitrogen and oxygen atoms in total. The standard InChI is InChI=1S/C11H13BrN2O/c12-11-5-4-9(7-13-11)10-3-1-2-6-14(10)8-15/h4-5,7-8,10H,1-3,6H2/t10-/m0/s1. The first-order valence-electron chi connectivity index (χ1n) is 5.14. The summed E-state index contributed by atoms with van der Waals surface area (Å²) in [6.07, 6.45) is 6.13. The molecule has 0 saturated carbocycles. The predicted molar refractivity (Wildman–Crippen MR) is 61.3 cm³/mol. The van der Waals surface area contributed by atoms with E-state index < -0.39 is 0 Å². The zero-order valence-electron chi connectivity index (χ0n) is 8.40. The summed E-state index contributed by atoms with van der Waals surface area (Å²) in [6.45, 7) is 0.865. The Labute approximate surface area is 97.6 Å². The fourth-order valence-electron chi connectivity index (χ4n) is 2.02. The molecule has 4 heteroatoms. The van der Waals surface area contributed by atoms with Crippen LogP contribution in [0.25, 0.3) is 0 Å². The van der Waals surface area contributed by atoms with Crippen LogP contribution in [0.3, 0.4) is 0 Å². The van der Waals surface area contributed by atoms with E-state index in [1.807, 2.05) is 23.2 Å². The number of nitrogens with zero attached hydrogens (tertiary/aromatic N) is 2. The normalized spacial score (nSPS) is 21.4. The van der Waals surface area contributed by atoms with Gasteiger partial charge in [0, 0.05) is 12.7 Å². The third-order valence-electron chi connectivity index (χ3n) is 2.81. The molecule has 0 aliphatic carbocycles. The van der Waals surface area contributed by atoms with Gasteiger partial charge in [0.25, 0.3) is 0 Å². The molecule has 1 saturated heterocycles. The minimum absolute atomic E-state index is 0.219. The van der Waals surface area contributed by atoms with Crippen LogP contribution in [0.5, 0.6) is 0 Å². The highest BCUT2D eigenvalue weighted by atomic mass is 79.9. The van der Waals surface area contributed by atoms with Crippen LogP contribution in [0.2, 0.25) is 0 Å². The van der Waals surface area contributed by atoms with Gasteiger partial charge in [-0.1, -0.05) is 6.07 Å². The van der Waals surface area contributed by atoms with Crippen LogP contribution >= 0.6 is 15.9 Å². The van der Waals surface area contributed by atoms with Crippen molar-refractivity contribution in [2.45, 2.75) is 25.3 Å². The molecule has 1 aromatic heterocycles. The highest BCUT2D eigenvalue weighted by Gasteiger charge is 2.22. The Morgan fingerprint density at radius 1 is 1.47 bits per heavy atom. The molecule has 1 aliphatic heterocycles. The van der Waals surface area contributed by atoms with Gasteiger partial charge in [0.1, 0.15) is 4.60 Å². The highest BCUT2D eigenvalue weighted by Crippen LogP contribution is 2.29. The van der Waals surface area contributed by atoms with Crippen molar-refractivity contribution in [2.24, 2.45) is 0 Å². The molecule has 80 valence electrons. The molecule has 15 heavy (non-hydrogen) atoms. The number of pyridine rings is 1. The Kier molecular flexibility index (Phi) is 3.36. The first-order valence-corrected chi connectivity index (χ1v) is 5.93. The number of piperidine rings is 1. The molecule has 1 aromatic rings. The maximum Gasteiger partial charge on any atom is 0.210 e.